The first-order valence-corrected chi connectivity index (χ1v) is 11.9. The second-order valence-electron chi connectivity index (χ2n) is 9.56. The van der Waals surface area contributed by atoms with Gasteiger partial charge in [0.1, 0.15) is 17.5 Å². The van der Waals surface area contributed by atoms with E-state index < -0.39 is 6.04 Å². The number of benzene rings is 1. The number of hydrogen-bond donors (Lipinski definition) is 1. The van der Waals surface area contributed by atoms with Crippen molar-refractivity contribution in [3.8, 4) is 17.0 Å². The molecule has 34 heavy (non-hydrogen) atoms. The van der Waals surface area contributed by atoms with Crippen LogP contribution in [0.3, 0.4) is 0 Å². The van der Waals surface area contributed by atoms with Crippen molar-refractivity contribution in [3.05, 3.63) is 47.9 Å². The van der Waals surface area contributed by atoms with Crippen LogP contribution >= 0.6 is 0 Å². The second kappa shape index (κ2) is 10.1. The zero-order chi connectivity index (χ0) is 24.4. The molecule has 182 valence electrons. The third-order valence-corrected chi connectivity index (χ3v) is 6.96. The Labute approximate surface area is 199 Å². The number of likely N-dealkylation sites (N-methyl/N-ethyl adjacent to an activating group) is 1. The summed E-state index contributed by atoms with van der Waals surface area (Å²) in [6.07, 6.45) is 4.11. The molecule has 1 aliphatic carbocycles. The number of carbonyl (C=O) groups is 2. The van der Waals surface area contributed by atoms with Crippen molar-refractivity contribution in [2.24, 2.45) is 11.8 Å². The highest BCUT2D eigenvalue weighted by Gasteiger charge is 2.36. The van der Waals surface area contributed by atoms with Crippen molar-refractivity contribution < 1.29 is 23.8 Å². The summed E-state index contributed by atoms with van der Waals surface area (Å²) >= 11 is 0. The van der Waals surface area contributed by atoms with Gasteiger partial charge >= 0.3 is 0 Å². The molecule has 0 spiro atoms. The molecule has 8 heteroatoms. The van der Waals surface area contributed by atoms with Crippen molar-refractivity contribution in [1.29, 1.82) is 0 Å². The van der Waals surface area contributed by atoms with E-state index in [1.54, 1.807) is 48.2 Å². The summed E-state index contributed by atoms with van der Waals surface area (Å²) in [7, 11) is 1.79. The molecule has 0 unspecified atom stereocenters. The fraction of sp³-hybridized carbons (Fsp3) is 0.500. The van der Waals surface area contributed by atoms with E-state index in [0.29, 0.717) is 24.2 Å². The van der Waals surface area contributed by atoms with E-state index in [2.05, 4.69) is 4.98 Å². The van der Waals surface area contributed by atoms with Gasteiger partial charge in [0, 0.05) is 37.2 Å². The average molecular weight is 470 g/mol. The largest absolute Gasteiger partial charge is 0.472 e. The smallest absolute Gasteiger partial charge is 0.259 e. The number of carbonyl (C=O) groups excluding carboxylic acids is 2. The zero-order valence-electron chi connectivity index (χ0n) is 19.9. The topological polar surface area (TPSA) is 83.0 Å². The Bertz CT molecular complexity index is 1060. The lowest BCUT2D eigenvalue weighted by atomic mass is 9.84. The van der Waals surface area contributed by atoms with Crippen LogP contribution in [0.1, 0.15) is 43.5 Å². The van der Waals surface area contributed by atoms with Crippen LogP contribution in [-0.4, -0.2) is 70.6 Å². The fourth-order valence-corrected chi connectivity index (χ4v) is 4.47. The van der Waals surface area contributed by atoms with Gasteiger partial charge in [0.05, 0.1) is 19.2 Å². The SMILES string of the molecule is C[C@@H]1CN([C@@H](C)CO)C(=O)c2cc(-c3cccc(F)c3)cnc2O[C@@H]1CN(C)C(=O)C1CCC1. The lowest BCUT2D eigenvalue weighted by Crippen LogP contribution is -2.51. The number of pyridine rings is 1. The standard InChI is InChI=1S/C26H32FN3O4/c1-16-13-30(17(2)15-31)26(33)22-11-20(19-8-5-9-21(27)10-19)12-28-24(22)34-23(16)14-29(3)25(32)18-6-4-7-18/h5,8-12,16-18,23,31H,4,6-7,13-15H2,1-3H3/t16-,17+,23-/m1/s1. The normalized spacial score (nSPS) is 21.6. The number of aromatic nitrogens is 1. The molecule has 2 amide bonds. The minimum Gasteiger partial charge on any atom is -0.472 e. The van der Waals surface area contributed by atoms with Crippen LogP contribution < -0.4 is 4.74 Å². The van der Waals surface area contributed by atoms with E-state index in [1.807, 2.05) is 6.92 Å². The van der Waals surface area contributed by atoms with Crippen LogP contribution in [0.5, 0.6) is 5.88 Å². The second-order valence-corrected chi connectivity index (χ2v) is 9.56. The Balaban J connectivity index is 1.68. The van der Waals surface area contributed by atoms with Crippen molar-refractivity contribution in [3.63, 3.8) is 0 Å². The summed E-state index contributed by atoms with van der Waals surface area (Å²) in [5, 5.41) is 9.81. The van der Waals surface area contributed by atoms with Crippen LogP contribution in [0.4, 0.5) is 4.39 Å². The van der Waals surface area contributed by atoms with E-state index >= 15 is 0 Å². The van der Waals surface area contributed by atoms with E-state index in [1.165, 1.54) is 12.1 Å². The monoisotopic (exact) mass is 469 g/mol. The maximum atomic E-state index is 13.8. The van der Waals surface area contributed by atoms with Crippen molar-refractivity contribution in [2.75, 3.05) is 26.7 Å². The minimum atomic E-state index is -0.409. The van der Waals surface area contributed by atoms with Gasteiger partial charge in [-0.05, 0) is 43.5 Å². The first kappa shape index (κ1) is 24.1. The average Bonchev–Trinajstić information content (AvgIpc) is 2.79. The van der Waals surface area contributed by atoms with E-state index in [9.17, 15) is 19.1 Å². The van der Waals surface area contributed by atoms with Gasteiger partial charge in [-0.15, -0.1) is 0 Å². The third-order valence-electron chi connectivity index (χ3n) is 6.96. The molecule has 0 saturated heterocycles. The van der Waals surface area contributed by atoms with Gasteiger partial charge < -0.3 is 19.6 Å². The molecule has 1 saturated carbocycles. The Morgan fingerprint density at radius 3 is 2.74 bits per heavy atom. The third kappa shape index (κ3) is 4.92. The molecule has 2 aliphatic rings. The molecule has 0 bridgehead atoms. The molecular weight excluding hydrogens is 437 g/mol. The van der Waals surface area contributed by atoms with Crippen molar-refractivity contribution in [1.82, 2.24) is 14.8 Å². The lowest BCUT2D eigenvalue weighted by molar-refractivity contribution is -0.138. The molecule has 4 rings (SSSR count). The predicted octanol–water partition coefficient (Wildman–Crippen LogP) is 3.37. The minimum absolute atomic E-state index is 0.0839. The van der Waals surface area contributed by atoms with Crippen LogP contribution in [0.25, 0.3) is 11.1 Å². The molecule has 2 aromatic rings. The van der Waals surface area contributed by atoms with E-state index in [0.717, 1.165) is 19.3 Å². The summed E-state index contributed by atoms with van der Waals surface area (Å²) in [5.41, 5.74) is 1.45. The van der Waals surface area contributed by atoms with Crippen molar-refractivity contribution in [2.45, 2.75) is 45.3 Å². The molecule has 1 fully saturated rings. The highest BCUT2D eigenvalue weighted by atomic mass is 19.1. The highest BCUT2D eigenvalue weighted by Crippen LogP contribution is 2.32. The van der Waals surface area contributed by atoms with E-state index in [4.69, 9.17) is 4.74 Å². The Morgan fingerprint density at radius 1 is 1.32 bits per heavy atom. The number of hydrogen-bond acceptors (Lipinski definition) is 5. The number of nitrogens with zero attached hydrogens (tertiary/aromatic N) is 3. The quantitative estimate of drug-likeness (QED) is 0.702. The van der Waals surface area contributed by atoms with Gasteiger partial charge in [0.2, 0.25) is 11.8 Å². The van der Waals surface area contributed by atoms with Gasteiger partial charge in [-0.2, -0.15) is 0 Å². The summed E-state index contributed by atoms with van der Waals surface area (Å²) < 4.78 is 20.0. The molecule has 1 N–H and O–H groups in total. The summed E-state index contributed by atoms with van der Waals surface area (Å²) in [4.78, 5) is 34.0. The molecule has 7 nitrogen and oxygen atoms in total. The van der Waals surface area contributed by atoms with Gasteiger partial charge in [0.25, 0.3) is 5.91 Å². The van der Waals surface area contributed by atoms with Gasteiger partial charge in [0.15, 0.2) is 0 Å². The first-order chi connectivity index (χ1) is 16.3. The molecule has 0 radical (unpaired) electrons. The van der Waals surface area contributed by atoms with Crippen LogP contribution in [-0.2, 0) is 4.79 Å². The van der Waals surface area contributed by atoms with Gasteiger partial charge in [-0.3, -0.25) is 9.59 Å². The number of aliphatic hydroxyl groups excluding tert-OH is 1. The zero-order valence-corrected chi connectivity index (χ0v) is 19.9. The molecule has 3 atom stereocenters. The molecule has 1 aliphatic heterocycles. The molecule has 1 aromatic carbocycles. The predicted molar refractivity (Wildman–Crippen MR) is 126 cm³/mol. The van der Waals surface area contributed by atoms with Crippen LogP contribution in [0, 0.1) is 17.7 Å². The number of halogens is 1. The summed E-state index contributed by atoms with van der Waals surface area (Å²) in [6.45, 7) is 4.32. The molecule has 1 aromatic heterocycles. The number of aliphatic hydroxyl groups is 1. The molecule has 2 heterocycles. The number of fused-ring (bicyclic) bond motifs is 1. The number of amides is 2. The highest BCUT2D eigenvalue weighted by molar-refractivity contribution is 5.98. The lowest BCUT2D eigenvalue weighted by Gasteiger charge is -2.38. The Hall–Kier alpha value is -3.00. The summed E-state index contributed by atoms with van der Waals surface area (Å²) in [6, 6.07) is 7.35. The van der Waals surface area contributed by atoms with E-state index in [-0.39, 0.29) is 53.6 Å². The first-order valence-electron chi connectivity index (χ1n) is 11.9. The number of ether oxygens (including phenoxy) is 1. The fourth-order valence-electron chi connectivity index (χ4n) is 4.47. The van der Waals surface area contributed by atoms with Crippen molar-refractivity contribution >= 4 is 11.8 Å². The Kier molecular flexibility index (Phi) is 7.16. The summed E-state index contributed by atoms with van der Waals surface area (Å²) in [5.74, 6) is -0.397. The molecular formula is C26H32FN3O4. The number of rotatable bonds is 6. The maximum Gasteiger partial charge on any atom is 0.259 e. The van der Waals surface area contributed by atoms with Crippen LogP contribution in [0.2, 0.25) is 0 Å². The van der Waals surface area contributed by atoms with Gasteiger partial charge in [-0.25, -0.2) is 9.37 Å². The van der Waals surface area contributed by atoms with Gasteiger partial charge in [-0.1, -0.05) is 25.5 Å². The maximum absolute atomic E-state index is 13.8. The van der Waals surface area contributed by atoms with Crippen LogP contribution in [0.15, 0.2) is 36.5 Å². The Morgan fingerprint density at radius 2 is 2.09 bits per heavy atom.